The summed E-state index contributed by atoms with van der Waals surface area (Å²) in [7, 11) is 0. The van der Waals surface area contributed by atoms with Crippen molar-refractivity contribution in [2.45, 2.75) is 39.2 Å². The molecule has 0 aromatic carbocycles. The van der Waals surface area contributed by atoms with Gasteiger partial charge in [0.1, 0.15) is 6.61 Å². The van der Waals surface area contributed by atoms with E-state index < -0.39 is 0 Å². The third-order valence-corrected chi connectivity index (χ3v) is 1.85. The topological polar surface area (TPSA) is 64.3 Å². The van der Waals surface area contributed by atoms with E-state index in [1.165, 1.54) is 0 Å². The first kappa shape index (κ1) is 13.4. The normalized spacial score (nSPS) is 11.4. The first-order valence-corrected chi connectivity index (χ1v) is 5.10. The molecule has 0 unspecified atom stereocenters. The van der Waals surface area contributed by atoms with Crippen LogP contribution < -0.4 is 11.1 Å². The smallest absolute Gasteiger partial charge is 0.246 e. The Morgan fingerprint density at radius 2 is 2.14 bits per heavy atom. The van der Waals surface area contributed by atoms with Crippen LogP contribution in [0.1, 0.15) is 33.6 Å². The highest BCUT2D eigenvalue weighted by molar-refractivity contribution is 5.77. The second kappa shape index (κ2) is 6.79. The van der Waals surface area contributed by atoms with Crippen LogP contribution >= 0.6 is 0 Å². The summed E-state index contributed by atoms with van der Waals surface area (Å²) < 4.78 is 5.03. The summed E-state index contributed by atoms with van der Waals surface area (Å²) in [4.78, 5) is 11.3. The first-order valence-electron chi connectivity index (χ1n) is 5.10. The number of amides is 1. The number of carbonyl (C=O) groups excluding carboxylic acids is 1. The molecule has 0 aliphatic heterocycles. The van der Waals surface area contributed by atoms with Crippen LogP contribution in [0.4, 0.5) is 0 Å². The predicted octanol–water partition coefficient (Wildman–Crippen LogP) is 0.657. The molecule has 0 aromatic rings. The van der Waals surface area contributed by atoms with E-state index in [0.29, 0.717) is 13.2 Å². The van der Waals surface area contributed by atoms with Crippen molar-refractivity contribution in [1.82, 2.24) is 5.32 Å². The quantitative estimate of drug-likeness (QED) is 0.596. The number of ether oxygens (including phenoxy) is 1. The average molecular weight is 202 g/mol. The number of nitrogens with one attached hydrogen (secondary N) is 1. The van der Waals surface area contributed by atoms with Crippen molar-refractivity contribution < 1.29 is 9.53 Å². The molecule has 0 rings (SSSR count). The van der Waals surface area contributed by atoms with Gasteiger partial charge in [0.05, 0.1) is 6.61 Å². The molecule has 0 aromatic heterocycles. The second-order valence-electron chi connectivity index (χ2n) is 4.02. The Hall–Kier alpha value is -0.610. The lowest BCUT2D eigenvalue weighted by atomic mass is 9.99. The first-order chi connectivity index (χ1) is 6.52. The largest absolute Gasteiger partial charge is 0.370 e. The van der Waals surface area contributed by atoms with E-state index in [0.717, 1.165) is 12.8 Å². The monoisotopic (exact) mass is 202 g/mol. The number of rotatable bonds is 7. The fourth-order valence-electron chi connectivity index (χ4n) is 1.35. The molecule has 0 atom stereocenters. The van der Waals surface area contributed by atoms with E-state index in [-0.39, 0.29) is 18.1 Å². The van der Waals surface area contributed by atoms with Crippen molar-refractivity contribution in [2.24, 2.45) is 5.73 Å². The lowest BCUT2D eigenvalue weighted by Gasteiger charge is -2.25. The van der Waals surface area contributed by atoms with E-state index in [9.17, 15) is 4.79 Å². The molecule has 14 heavy (non-hydrogen) atoms. The van der Waals surface area contributed by atoms with Gasteiger partial charge in [0, 0.05) is 12.1 Å². The van der Waals surface area contributed by atoms with Gasteiger partial charge in [0.25, 0.3) is 0 Å². The van der Waals surface area contributed by atoms with Gasteiger partial charge < -0.3 is 15.8 Å². The minimum atomic E-state index is -0.141. The minimum Gasteiger partial charge on any atom is -0.370 e. The summed E-state index contributed by atoms with van der Waals surface area (Å²) in [5, 5.41) is 2.91. The summed E-state index contributed by atoms with van der Waals surface area (Å²) in [5.74, 6) is -0.0723. The van der Waals surface area contributed by atoms with Crippen molar-refractivity contribution in [1.29, 1.82) is 0 Å². The SMILES string of the molecule is CCCC(C)(C)NC(=O)COCCN. The fraction of sp³-hybridized carbons (Fsp3) is 0.900. The van der Waals surface area contributed by atoms with Gasteiger partial charge in [-0.2, -0.15) is 0 Å². The lowest BCUT2D eigenvalue weighted by molar-refractivity contribution is -0.127. The summed E-state index contributed by atoms with van der Waals surface area (Å²) in [6.45, 7) is 7.10. The van der Waals surface area contributed by atoms with E-state index in [4.69, 9.17) is 10.5 Å². The predicted molar refractivity (Wildman–Crippen MR) is 57.0 cm³/mol. The third kappa shape index (κ3) is 6.86. The van der Waals surface area contributed by atoms with Crippen LogP contribution in [-0.2, 0) is 9.53 Å². The number of nitrogens with two attached hydrogens (primary N) is 1. The standard InChI is InChI=1S/C10H22N2O2/c1-4-5-10(2,3)12-9(13)8-14-7-6-11/h4-8,11H2,1-3H3,(H,12,13). The Labute approximate surface area is 86.2 Å². The van der Waals surface area contributed by atoms with Gasteiger partial charge in [-0.05, 0) is 20.3 Å². The highest BCUT2D eigenvalue weighted by atomic mass is 16.5. The van der Waals surface area contributed by atoms with Crippen LogP contribution in [0.15, 0.2) is 0 Å². The van der Waals surface area contributed by atoms with Crippen LogP contribution in [0.5, 0.6) is 0 Å². The Morgan fingerprint density at radius 1 is 1.50 bits per heavy atom. The van der Waals surface area contributed by atoms with Gasteiger partial charge in [-0.3, -0.25) is 4.79 Å². The molecule has 4 heteroatoms. The third-order valence-electron chi connectivity index (χ3n) is 1.85. The Balaban J connectivity index is 3.69. The number of hydrogen-bond donors (Lipinski definition) is 2. The highest BCUT2D eigenvalue weighted by Gasteiger charge is 2.18. The summed E-state index contributed by atoms with van der Waals surface area (Å²) in [5.41, 5.74) is 5.09. The zero-order valence-electron chi connectivity index (χ0n) is 9.43. The van der Waals surface area contributed by atoms with Gasteiger partial charge in [-0.15, -0.1) is 0 Å². The lowest BCUT2D eigenvalue weighted by Crippen LogP contribution is -2.45. The van der Waals surface area contributed by atoms with Crippen molar-refractivity contribution in [3.05, 3.63) is 0 Å². The van der Waals surface area contributed by atoms with Crippen LogP contribution in [0.3, 0.4) is 0 Å². The van der Waals surface area contributed by atoms with Crippen molar-refractivity contribution in [3.8, 4) is 0 Å². The molecule has 4 nitrogen and oxygen atoms in total. The van der Waals surface area contributed by atoms with Crippen molar-refractivity contribution >= 4 is 5.91 Å². The molecule has 0 heterocycles. The van der Waals surface area contributed by atoms with Gasteiger partial charge >= 0.3 is 0 Å². The van der Waals surface area contributed by atoms with Crippen LogP contribution in [0.2, 0.25) is 0 Å². The number of carbonyl (C=O) groups is 1. The molecule has 1 amide bonds. The molecule has 0 saturated heterocycles. The fourth-order valence-corrected chi connectivity index (χ4v) is 1.35. The average Bonchev–Trinajstić information content (AvgIpc) is 2.03. The summed E-state index contributed by atoms with van der Waals surface area (Å²) in [6.07, 6.45) is 2.02. The Morgan fingerprint density at radius 3 is 2.64 bits per heavy atom. The van der Waals surface area contributed by atoms with E-state index in [1.807, 2.05) is 13.8 Å². The Bertz CT molecular complexity index is 170. The molecular weight excluding hydrogens is 180 g/mol. The zero-order chi connectivity index (χ0) is 11.0. The zero-order valence-corrected chi connectivity index (χ0v) is 9.43. The minimum absolute atomic E-state index is 0.0723. The molecule has 0 aliphatic carbocycles. The maximum absolute atomic E-state index is 11.3. The van der Waals surface area contributed by atoms with Crippen LogP contribution in [0.25, 0.3) is 0 Å². The van der Waals surface area contributed by atoms with Gasteiger partial charge in [-0.1, -0.05) is 13.3 Å². The molecule has 84 valence electrons. The summed E-state index contributed by atoms with van der Waals surface area (Å²) >= 11 is 0. The van der Waals surface area contributed by atoms with E-state index >= 15 is 0 Å². The van der Waals surface area contributed by atoms with Gasteiger partial charge in [0.15, 0.2) is 0 Å². The summed E-state index contributed by atoms with van der Waals surface area (Å²) in [6, 6.07) is 0. The molecule has 0 saturated carbocycles. The molecule has 0 aliphatic rings. The molecule has 0 bridgehead atoms. The van der Waals surface area contributed by atoms with Gasteiger partial charge in [0.2, 0.25) is 5.91 Å². The molecule has 3 N–H and O–H groups in total. The molecular formula is C10H22N2O2. The van der Waals surface area contributed by atoms with Crippen LogP contribution in [0, 0.1) is 0 Å². The molecule has 0 spiro atoms. The van der Waals surface area contributed by atoms with Gasteiger partial charge in [-0.25, -0.2) is 0 Å². The highest BCUT2D eigenvalue weighted by Crippen LogP contribution is 2.09. The number of hydrogen-bond acceptors (Lipinski definition) is 3. The Kier molecular flexibility index (Phi) is 6.49. The molecule has 0 radical (unpaired) electrons. The van der Waals surface area contributed by atoms with E-state index in [1.54, 1.807) is 0 Å². The maximum Gasteiger partial charge on any atom is 0.246 e. The van der Waals surface area contributed by atoms with Crippen LogP contribution in [-0.4, -0.2) is 31.2 Å². The maximum atomic E-state index is 11.3. The van der Waals surface area contributed by atoms with E-state index in [2.05, 4.69) is 12.2 Å². The second-order valence-corrected chi connectivity index (χ2v) is 4.02. The van der Waals surface area contributed by atoms with Crippen molar-refractivity contribution in [3.63, 3.8) is 0 Å². The molecule has 0 fully saturated rings. The van der Waals surface area contributed by atoms with Crippen molar-refractivity contribution in [2.75, 3.05) is 19.8 Å².